The van der Waals surface area contributed by atoms with E-state index < -0.39 is 17.9 Å². The van der Waals surface area contributed by atoms with Crippen LogP contribution in [0.3, 0.4) is 0 Å². The van der Waals surface area contributed by atoms with E-state index in [1.807, 2.05) is 0 Å². The van der Waals surface area contributed by atoms with Crippen LogP contribution in [0.5, 0.6) is 0 Å². The van der Waals surface area contributed by atoms with Gasteiger partial charge in [-0.2, -0.15) is 0 Å². The summed E-state index contributed by atoms with van der Waals surface area (Å²) in [7, 11) is 0. The molecular weight excluding hydrogens is 268 g/mol. The van der Waals surface area contributed by atoms with Crippen molar-refractivity contribution in [3.63, 3.8) is 0 Å². The van der Waals surface area contributed by atoms with Crippen LogP contribution in [-0.4, -0.2) is 25.2 Å². The van der Waals surface area contributed by atoms with E-state index in [-0.39, 0.29) is 19.6 Å². The molecule has 1 rings (SSSR count). The van der Waals surface area contributed by atoms with Gasteiger partial charge in [0.05, 0.1) is 25.6 Å². The van der Waals surface area contributed by atoms with E-state index in [0.29, 0.717) is 10.6 Å². The predicted octanol–water partition coefficient (Wildman–Crippen LogP) is 2.94. The van der Waals surface area contributed by atoms with E-state index in [0.717, 1.165) is 0 Å². The van der Waals surface area contributed by atoms with Gasteiger partial charge < -0.3 is 9.47 Å². The Morgan fingerprint density at radius 3 is 2.47 bits per heavy atom. The molecule has 1 aromatic carbocycles. The highest BCUT2D eigenvalue weighted by atomic mass is 35.5. The van der Waals surface area contributed by atoms with Crippen molar-refractivity contribution in [3.8, 4) is 0 Å². The molecule has 19 heavy (non-hydrogen) atoms. The molecule has 104 valence electrons. The summed E-state index contributed by atoms with van der Waals surface area (Å²) in [5, 5.41) is 0.510. The summed E-state index contributed by atoms with van der Waals surface area (Å²) in [5.41, 5.74) is 0.652. The molecule has 0 bridgehead atoms. The summed E-state index contributed by atoms with van der Waals surface area (Å²) in [6.45, 7) is 3.98. The van der Waals surface area contributed by atoms with Gasteiger partial charge in [-0.1, -0.05) is 23.7 Å². The molecule has 0 amide bonds. The van der Waals surface area contributed by atoms with Gasteiger partial charge in [-0.3, -0.25) is 9.59 Å². The number of rotatable bonds is 6. The van der Waals surface area contributed by atoms with E-state index in [1.165, 1.54) is 0 Å². The van der Waals surface area contributed by atoms with Gasteiger partial charge in [0.25, 0.3) is 0 Å². The summed E-state index contributed by atoms with van der Waals surface area (Å²) in [6, 6.07) is 6.84. The lowest BCUT2D eigenvalue weighted by molar-refractivity contribution is -0.151. The van der Waals surface area contributed by atoms with Gasteiger partial charge in [-0.25, -0.2) is 0 Å². The second kappa shape index (κ2) is 7.79. The monoisotopic (exact) mass is 284 g/mol. The molecule has 4 nitrogen and oxygen atoms in total. The lowest BCUT2D eigenvalue weighted by atomic mass is 9.96. The average molecular weight is 285 g/mol. The molecule has 0 fully saturated rings. The summed E-state index contributed by atoms with van der Waals surface area (Å²) in [4.78, 5) is 23.5. The largest absolute Gasteiger partial charge is 0.466 e. The standard InChI is InChI=1S/C14H17ClO4/c1-3-18-13(16)9-12(14(17)19-4-2)10-6-5-7-11(15)8-10/h5-8,12H,3-4,9H2,1-2H3. The lowest BCUT2D eigenvalue weighted by Crippen LogP contribution is -2.20. The van der Waals surface area contributed by atoms with Gasteiger partial charge >= 0.3 is 11.9 Å². The van der Waals surface area contributed by atoms with Crippen molar-refractivity contribution in [1.82, 2.24) is 0 Å². The Morgan fingerprint density at radius 1 is 1.21 bits per heavy atom. The topological polar surface area (TPSA) is 52.6 Å². The minimum absolute atomic E-state index is 0.0486. The van der Waals surface area contributed by atoms with E-state index in [2.05, 4.69) is 0 Å². The Balaban J connectivity index is 2.91. The summed E-state index contributed by atoms with van der Waals surface area (Å²) >= 11 is 5.90. The minimum atomic E-state index is -0.683. The van der Waals surface area contributed by atoms with E-state index >= 15 is 0 Å². The van der Waals surface area contributed by atoms with Crippen LogP contribution in [0.15, 0.2) is 24.3 Å². The number of carbonyl (C=O) groups is 2. The summed E-state index contributed by atoms with van der Waals surface area (Å²) in [6.07, 6.45) is -0.0486. The number of esters is 2. The molecule has 1 aromatic rings. The van der Waals surface area contributed by atoms with Crippen molar-refractivity contribution < 1.29 is 19.1 Å². The van der Waals surface area contributed by atoms with Crippen molar-refractivity contribution in [2.45, 2.75) is 26.2 Å². The molecule has 0 N–H and O–H groups in total. The quantitative estimate of drug-likeness (QED) is 0.754. The second-order valence-electron chi connectivity index (χ2n) is 3.87. The fourth-order valence-corrected chi connectivity index (χ4v) is 1.89. The average Bonchev–Trinajstić information content (AvgIpc) is 2.36. The van der Waals surface area contributed by atoms with Gasteiger partial charge in [0.1, 0.15) is 0 Å². The zero-order valence-electron chi connectivity index (χ0n) is 11.0. The first-order valence-corrected chi connectivity index (χ1v) is 6.54. The number of halogens is 1. The Morgan fingerprint density at radius 2 is 1.89 bits per heavy atom. The molecule has 0 aliphatic carbocycles. The van der Waals surface area contributed by atoms with Crippen LogP contribution in [0.1, 0.15) is 31.7 Å². The predicted molar refractivity (Wildman–Crippen MR) is 72.1 cm³/mol. The van der Waals surface area contributed by atoms with Crippen LogP contribution in [0.25, 0.3) is 0 Å². The maximum atomic E-state index is 11.9. The van der Waals surface area contributed by atoms with Gasteiger partial charge in [-0.05, 0) is 31.5 Å². The smallest absolute Gasteiger partial charge is 0.313 e. The van der Waals surface area contributed by atoms with Crippen molar-refractivity contribution >= 4 is 23.5 Å². The number of hydrogen-bond donors (Lipinski definition) is 0. The summed E-state index contributed by atoms with van der Waals surface area (Å²) in [5.74, 6) is -1.56. The first-order chi connectivity index (χ1) is 9.08. The Hall–Kier alpha value is -1.55. The van der Waals surface area contributed by atoms with E-state index in [1.54, 1.807) is 38.1 Å². The number of hydrogen-bond acceptors (Lipinski definition) is 4. The lowest BCUT2D eigenvalue weighted by Gasteiger charge is -2.15. The maximum absolute atomic E-state index is 11.9. The van der Waals surface area contributed by atoms with Crippen LogP contribution in [0, 0.1) is 0 Å². The third-order valence-electron chi connectivity index (χ3n) is 2.50. The summed E-state index contributed by atoms with van der Waals surface area (Å²) < 4.78 is 9.86. The highest BCUT2D eigenvalue weighted by Gasteiger charge is 2.25. The van der Waals surface area contributed by atoms with Crippen LogP contribution in [0.4, 0.5) is 0 Å². The molecule has 1 unspecified atom stereocenters. The van der Waals surface area contributed by atoms with Crippen molar-refractivity contribution in [2.75, 3.05) is 13.2 Å². The zero-order chi connectivity index (χ0) is 14.3. The molecule has 1 atom stereocenters. The fourth-order valence-electron chi connectivity index (χ4n) is 1.69. The normalized spacial score (nSPS) is 11.7. The molecule has 0 radical (unpaired) electrons. The first-order valence-electron chi connectivity index (χ1n) is 6.16. The number of benzene rings is 1. The molecule has 0 aliphatic rings. The van der Waals surface area contributed by atoms with Crippen LogP contribution in [-0.2, 0) is 19.1 Å². The number of carbonyl (C=O) groups excluding carboxylic acids is 2. The molecule has 0 saturated heterocycles. The SMILES string of the molecule is CCOC(=O)CC(C(=O)OCC)c1cccc(Cl)c1. The van der Waals surface area contributed by atoms with Crippen LogP contribution < -0.4 is 0 Å². The van der Waals surface area contributed by atoms with E-state index in [9.17, 15) is 9.59 Å². The third-order valence-corrected chi connectivity index (χ3v) is 2.73. The Labute approximate surface area is 117 Å². The third kappa shape index (κ3) is 4.91. The molecule has 0 aliphatic heterocycles. The second-order valence-corrected chi connectivity index (χ2v) is 4.31. The van der Waals surface area contributed by atoms with Gasteiger partial charge in [-0.15, -0.1) is 0 Å². The molecule has 0 spiro atoms. The highest BCUT2D eigenvalue weighted by Crippen LogP contribution is 2.24. The van der Waals surface area contributed by atoms with Crippen molar-refractivity contribution in [3.05, 3.63) is 34.9 Å². The highest BCUT2D eigenvalue weighted by molar-refractivity contribution is 6.30. The van der Waals surface area contributed by atoms with Gasteiger partial charge in [0.15, 0.2) is 0 Å². The maximum Gasteiger partial charge on any atom is 0.313 e. The van der Waals surface area contributed by atoms with Gasteiger partial charge in [0.2, 0.25) is 0 Å². The van der Waals surface area contributed by atoms with Crippen molar-refractivity contribution in [1.29, 1.82) is 0 Å². The zero-order valence-corrected chi connectivity index (χ0v) is 11.8. The number of ether oxygens (including phenoxy) is 2. The van der Waals surface area contributed by atoms with Crippen molar-refractivity contribution in [2.24, 2.45) is 0 Å². The first kappa shape index (κ1) is 15.5. The molecule has 0 aromatic heterocycles. The van der Waals surface area contributed by atoms with Crippen LogP contribution >= 0.6 is 11.6 Å². The fraction of sp³-hybridized carbons (Fsp3) is 0.429. The van der Waals surface area contributed by atoms with Gasteiger partial charge in [0, 0.05) is 5.02 Å². The molecule has 0 heterocycles. The molecule has 0 saturated carbocycles. The Kier molecular flexibility index (Phi) is 6.36. The molecular formula is C14H17ClO4. The van der Waals surface area contributed by atoms with E-state index in [4.69, 9.17) is 21.1 Å². The van der Waals surface area contributed by atoms with Crippen LogP contribution in [0.2, 0.25) is 5.02 Å². The minimum Gasteiger partial charge on any atom is -0.466 e. The Bertz CT molecular complexity index is 445. The molecule has 5 heteroatoms.